The molecule has 1 aromatic rings. The molecule has 12 heavy (non-hydrogen) atoms. The number of alkyl halides is 1. The summed E-state index contributed by atoms with van der Waals surface area (Å²) >= 11 is 3.30. The Morgan fingerprint density at radius 3 is 3.00 bits per heavy atom. The van der Waals surface area contributed by atoms with Crippen LogP contribution in [0.3, 0.4) is 0 Å². The molecule has 0 saturated heterocycles. The zero-order valence-corrected chi connectivity index (χ0v) is 8.54. The van der Waals surface area contributed by atoms with E-state index in [9.17, 15) is 4.79 Å². The Bertz CT molecular complexity index is 308. The van der Waals surface area contributed by atoms with Crippen LogP contribution in [0.15, 0.2) is 17.1 Å². The third kappa shape index (κ3) is 2.44. The van der Waals surface area contributed by atoms with E-state index in [0.717, 1.165) is 17.3 Å². The Balaban J connectivity index is 2.80. The molecule has 0 atom stereocenters. The van der Waals surface area contributed by atoms with Crippen LogP contribution in [0.25, 0.3) is 0 Å². The van der Waals surface area contributed by atoms with Crippen LogP contribution in [0.2, 0.25) is 0 Å². The van der Waals surface area contributed by atoms with Crippen molar-refractivity contribution >= 4 is 15.9 Å². The molecule has 1 heterocycles. The van der Waals surface area contributed by atoms with Crippen LogP contribution in [0, 0.1) is 6.92 Å². The van der Waals surface area contributed by atoms with Crippen LogP contribution in [-0.4, -0.2) is 15.1 Å². The average molecular weight is 231 g/mol. The summed E-state index contributed by atoms with van der Waals surface area (Å²) in [7, 11) is 0. The largest absolute Gasteiger partial charge is 0.268 e. The van der Waals surface area contributed by atoms with Gasteiger partial charge in [0.1, 0.15) is 0 Å². The van der Waals surface area contributed by atoms with Gasteiger partial charge in [-0.2, -0.15) is 5.10 Å². The molecule has 0 N–H and O–H groups in total. The molecule has 0 fully saturated rings. The lowest BCUT2D eigenvalue weighted by atomic mass is 10.3. The summed E-state index contributed by atoms with van der Waals surface area (Å²) in [6.45, 7) is 2.55. The molecular weight excluding hydrogens is 220 g/mol. The van der Waals surface area contributed by atoms with Crippen molar-refractivity contribution in [2.75, 3.05) is 5.33 Å². The second kappa shape index (κ2) is 4.40. The normalized spacial score (nSPS) is 10.2. The molecule has 0 aromatic carbocycles. The van der Waals surface area contributed by atoms with Crippen molar-refractivity contribution in [2.24, 2.45) is 0 Å². The Labute approximate surface area is 79.5 Å². The smallest absolute Gasteiger partial charge is 0.266 e. The van der Waals surface area contributed by atoms with E-state index in [0.29, 0.717) is 6.54 Å². The second-order valence-corrected chi connectivity index (χ2v) is 3.43. The van der Waals surface area contributed by atoms with Crippen LogP contribution in [0.1, 0.15) is 12.0 Å². The van der Waals surface area contributed by atoms with Gasteiger partial charge in [-0.15, -0.1) is 0 Å². The van der Waals surface area contributed by atoms with Gasteiger partial charge >= 0.3 is 0 Å². The number of rotatable bonds is 3. The van der Waals surface area contributed by atoms with Gasteiger partial charge in [0.05, 0.1) is 6.20 Å². The van der Waals surface area contributed by atoms with Gasteiger partial charge in [0, 0.05) is 17.9 Å². The third-order valence-corrected chi connectivity index (χ3v) is 2.07. The van der Waals surface area contributed by atoms with Crippen molar-refractivity contribution in [3.05, 3.63) is 28.2 Å². The molecule has 0 bridgehead atoms. The van der Waals surface area contributed by atoms with Crippen LogP contribution in [0.4, 0.5) is 0 Å². The summed E-state index contributed by atoms with van der Waals surface area (Å²) in [5.41, 5.74) is 0.894. The van der Waals surface area contributed by atoms with Crippen LogP contribution in [-0.2, 0) is 6.54 Å². The molecule has 3 nitrogen and oxygen atoms in total. The summed E-state index contributed by atoms with van der Waals surface area (Å²) < 4.78 is 1.48. The van der Waals surface area contributed by atoms with Crippen molar-refractivity contribution in [3.63, 3.8) is 0 Å². The minimum atomic E-state index is -0.0176. The predicted octanol–water partition coefficient (Wildman–Crippen LogP) is 1.34. The van der Waals surface area contributed by atoms with Gasteiger partial charge in [0.15, 0.2) is 0 Å². The first kappa shape index (κ1) is 9.45. The zero-order valence-electron chi connectivity index (χ0n) is 6.96. The first-order chi connectivity index (χ1) is 5.74. The second-order valence-electron chi connectivity index (χ2n) is 2.64. The van der Waals surface area contributed by atoms with Crippen molar-refractivity contribution in [2.45, 2.75) is 19.9 Å². The van der Waals surface area contributed by atoms with Gasteiger partial charge < -0.3 is 0 Å². The fourth-order valence-corrected chi connectivity index (χ4v) is 1.15. The molecule has 0 spiro atoms. The quantitative estimate of drug-likeness (QED) is 0.735. The highest BCUT2D eigenvalue weighted by atomic mass is 79.9. The lowest BCUT2D eigenvalue weighted by molar-refractivity contribution is 0.570. The van der Waals surface area contributed by atoms with Crippen molar-refractivity contribution in [1.29, 1.82) is 0 Å². The first-order valence-corrected chi connectivity index (χ1v) is 4.96. The summed E-state index contributed by atoms with van der Waals surface area (Å²) in [5.74, 6) is 0. The van der Waals surface area contributed by atoms with Crippen molar-refractivity contribution in [3.8, 4) is 0 Å². The fraction of sp³-hybridized carbons (Fsp3) is 0.500. The van der Waals surface area contributed by atoms with Gasteiger partial charge in [-0.3, -0.25) is 4.79 Å². The van der Waals surface area contributed by atoms with E-state index in [1.165, 1.54) is 4.68 Å². The number of nitrogens with zero attached hydrogens (tertiary/aromatic N) is 2. The van der Waals surface area contributed by atoms with E-state index >= 15 is 0 Å². The molecule has 0 radical (unpaired) electrons. The lowest BCUT2D eigenvalue weighted by Gasteiger charge is -2.01. The van der Waals surface area contributed by atoms with Crippen LogP contribution in [0.5, 0.6) is 0 Å². The van der Waals surface area contributed by atoms with E-state index in [1.807, 2.05) is 6.92 Å². The zero-order chi connectivity index (χ0) is 8.97. The Kier molecular flexibility index (Phi) is 3.47. The number of hydrogen-bond acceptors (Lipinski definition) is 2. The van der Waals surface area contributed by atoms with E-state index < -0.39 is 0 Å². The molecule has 0 unspecified atom stereocenters. The Morgan fingerprint density at radius 1 is 1.67 bits per heavy atom. The molecule has 1 rings (SSSR count). The predicted molar refractivity (Wildman–Crippen MR) is 51.6 cm³/mol. The summed E-state index contributed by atoms with van der Waals surface area (Å²) in [4.78, 5) is 11.2. The Hall–Kier alpha value is -0.640. The molecule has 0 saturated carbocycles. The van der Waals surface area contributed by atoms with Crippen LogP contribution < -0.4 is 5.56 Å². The fourth-order valence-electron chi connectivity index (χ4n) is 0.902. The van der Waals surface area contributed by atoms with E-state index in [-0.39, 0.29) is 5.56 Å². The van der Waals surface area contributed by atoms with Crippen LogP contribution >= 0.6 is 15.9 Å². The maximum Gasteiger partial charge on any atom is 0.266 e. The highest BCUT2D eigenvalue weighted by Crippen LogP contribution is 1.91. The highest BCUT2D eigenvalue weighted by Gasteiger charge is 1.95. The monoisotopic (exact) mass is 230 g/mol. The number of aromatic nitrogens is 2. The molecule has 0 aliphatic rings. The van der Waals surface area contributed by atoms with E-state index in [1.54, 1.807) is 12.3 Å². The highest BCUT2D eigenvalue weighted by molar-refractivity contribution is 9.09. The minimum Gasteiger partial charge on any atom is -0.268 e. The maximum absolute atomic E-state index is 11.2. The van der Waals surface area contributed by atoms with Gasteiger partial charge in [-0.1, -0.05) is 15.9 Å². The average Bonchev–Trinajstić information content (AvgIpc) is 2.03. The third-order valence-electron chi connectivity index (χ3n) is 1.51. The number of halogens is 1. The van der Waals surface area contributed by atoms with E-state index in [2.05, 4.69) is 21.0 Å². The molecular formula is C8H11BrN2O. The summed E-state index contributed by atoms with van der Waals surface area (Å²) in [5, 5.41) is 4.90. The molecule has 0 aliphatic heterocycles. The maximum atomic E-state index is 11.2. The molecule has 0 amide bonds. The number of hydrogen-bond donors (Lipinski definition) is 0. The molecule has 4 heteroatoms. The Morgan fingerprint density at radius 2 is 2.42 bits per heavy atom. The minimum absolute atomic E-state index is 0.0176. The van der Waals surface area contributed by atoms with E-state index in [4.69, 9.17) is 0 Å². The van der Waals surface area contributed by atoms with Crippen molar-refractivity contribution in [1.82, 2.24) is 9.78 Å². The first-order valence-electron chi connectivity index (χ1n) is 3.84. The SMILES string of the molecule is Cc1cnn(CCCBr)c(=O)c1. The van der Waals surface area contributed by atoms with Gasteiger partial charge in [0.25, 0.3) is 5.56 Å². The summed E-state index contributed by atoms with van der Waals surface area (Å²) in [6.07, 6.45) is 2.63. The molecule has 66 valence electrons. The van der Waals surface area contributed by atoms with Gasteiger partial charge in [0.2, 0.25) is 0 Å². The van der Waals surface area contributed by atoms with Gasteiger partial charge in [-0.05, 0) is 18.9 Å². The lowest BCUT2D eigenvalue weighted by Crippen LogP contribution is -2.22. The topological polar surface area (TPSA) is 34.9 Å². The van der Waals surface area contributed by atoms with Crippen molar-refractivity contribution < 1.29 is 0 Å². The molecule has 1 aromatic heterocycles. The standard InChI is InChI=1S/C8H11BrN2O/c1-7-5-8(12)11(10-6-7)4-2-3-9/h5-6H,2-4H2,1H3. The van der Waals surface area contributed by atoms with Gasteiger partial charge in [-0.25, -0.2) is 4.68 Å². The summed E-state index contributed by atoms with van der Waals surface area (Å²) in [6, 6.07) is 1.60. The molecule has 0 aliphatic carbocycles. The number of aryl methyl sites for hydroxylation is 2.